The number of hydrogen-bond acceptors (Lipinski definition) is 5. The largest absolute Gasteiger partial charge is 0.516 e. The molecule has 2 aromatic carbocycles. The molecule has 0 N–H and O–H groups in total. The highest BCUT2D eigenvalue weighted by Crippen LogP contribution is 2.35. The van der Waals surface area contributed by atoms with Crippen LogP contribution in [0.5, 0.6) is 11.5 Å². The number of hydrogen-bond donors (Lipinski definition) is 0. The number of carbonyl (C=O) groups excluding carboxylic acids is 1. The first-order chi connectivity index (χ1) is 10.8. The molecule has 5 nitrogen and oxygen atoms in total. The molecule has 1 unspecified atom stereocenters. The van der Waals surface area contributed by atoms with E-state index < -0.39 is 12.4 Å². The molecule has 124 valence electrons. The first-order valence-corrected chi connectivity index (χ1v) is 7.42. The maximum atomic E-state index is 11.8. The molecule has 0 fully saturated rings. The molecule has 0 radical (unpaired) electrons. The zero-order valence-corrected chi connectivity index (χ0v) is 14.1. The molecular weight excluding hydrogens is 296 g/mol. The molecule has 0 amide bonds. The number of benzene rings is 2. The molecular formula is C18H22O5. The lowest BCUT2D eigenvalue weighted by Gasteiger charge is -2.23. The van der Waals surface area contributed by atoms with Crippen molar-refractivity contribution in [1.29, 1.82) is 0 Å². The van der Waals surface area contributed by atoms with Crippen molar-refractivity contribution in [1.82, 2.24) is 0 Å². The third-order valence-corrected chi connectivity index (χ3v) is 3.05. The van der Waals surface area contributed by atoms with Crippen LogP contribution in [0.3, 0.4) is 0 Å². The van der Waals surface area contributed by atoms with Crippen LogP contribution in [0.15, 0.2) is 36.4 Å². The van der Waals surface area contributed by atoms with Crippen molar-refractivity contribution in [3.05, 3.63) is 36.4 Å². The topological polar surface area (TPSA) is 54.0 Å². The Hall–Kier alpha value is -2.27. The van der Waals surface area contributed by atoms with Gasteiger partial charge in [-0.3, -0.25) is 0 Å². The summed E-state index contributed by atoms with van der Waals surface area (Å²) in [6, 6.07) is 11.1. The van der Waals surface area contributed by atoms with Crippen molar-refractivity contribution in [2.45, 2.75) is 39.6 Å². The van der Waals surface area contributed by atoms with Crippen LogP contribution >= 0.6 is 0 Å². The first kappa shape index (κ1) is 17.1. The summed E-state index contributed by atoms with van der Waals surface area (Å²) in [5.74, 6) is 1.15. The van der Waals surface area contributed by atoms with Crippen LogP contribution in [0.4, 0.5) is 4.79 Å². The van der Waals surface area contributed by atoms with E-state index in [1.165, 1.54) is 7.11 Å². The number of fused-ring (bicyclic) bond motifs is 1. The Bertz CT molecular complexity index is 687. The summed E-state index contributed by atoms with van der Waals surface area (Å²) in [5, 5.41) is 1.64. The summed E-state index contributed by atoms with van der Waals surface area (Å²) >= 11 is 0. The first-order valence-electron chi connectivity index (χ1n) is 7.42. The average molecular weight is 318 g/mol. The molecule has 0 aliphatic heterocycles. The van der Waals surface area contributed by atoms with Crippen molar-refractivity contribution in [3.63, 3.8) is 0 Å². The van der Waals surface area contributed by atoms with E-state index >= 15 is 0 Å². The minimum atomic E-state index is -0.811. The van der Waals surface area contributed by atoms with Gasteiger partial charge in [0.15, 0.2) is 0 Å². The van der Waals surface area contributed by atoms with Crippen molar-refractivity contribution in [2.75, 3.05) is 7.11 Å². The predicted molar refractivity (Wildman–Crippen MR) is 87.9 cm³/mol. The van der Waals surface area contributed by atoms with E-state index in [1.807, 2.05) is 45.0 Å². The van der Waals surface area contributed by atoms with Crippen LogP contribution in [0.1, 0.15) is 27.7 Å². The summed E-state index contributed by atoms with van der Waals surface area (Å²) in [5.41, 5.74) is -0.321. The van der Waals surface area contributed by atoms with Gasteiger partial charge in [-0.05, 0) is 39.8 Å². The van der Waals surface area contributed by atoms with Crippen LogP contribution in [0, 0.1) is 0 Å². The van der Waals surface area contributed by atoms with Gasteiger partial charge in [-0.25, -0.2) is 4.79 Å². The Balaban J connectivity index is 2.32. The zero-order valence-electron chi connectivity index (χ0n) is 14.1. The van der Waals surface area contributed by atoms with Gasteiger partial charge in [0.1, 0.15) is 17.1 Å². The Labute approximate surface area is 136 Å². The van der Waals surface area contributed by atoms with Crippen molar-refractivity contribution in [3.8, 4) is 11.5 Å². The Kier molecular flexibility index (Phi) is 5.11. The molecule has 23 heavy (non-hydrogen) atoms. The van der Waals surface area contributed by atoms with Crippen molar-refractivity contribution >= 4 is 16.9 Å². The van der Waals surface area contributed by atoms with Gasteiger partial charge in [-0.2, -0.15) is 0 Å². The second kappa shape index (κ2) is 6.87. The SMILES string of the molecule is COC(C)OC(=O)Oc1ccc(OC(C)(C)C)c2ccccc12. The Morgan fingerprint density at radius 2 is 1.57 bits per heavy atom. The number of carbonyl (C=O) groups is 1. The van der Waals surface area contributed by atoms with Gasteiger partial charge in [0.05, 0.1) is 0 Å². The van der Waals surface area contributed by atoms with Gasteiger partial charge < -0.3 is 18.9 Å². The third-order valence-electron chi connectivity index (χ3n) is 3.05. The molecule has 2 rings (SSSR count). The second-order valence-corrected chi connectivity index (χ2v) is 6.10. The lowest BCUT2D eigenvalue weighted by atomic mass is 10.1. The molecule has 0 spiro atoms. The van der Waals surface area contributed by atoms with E-state index in [1.54, 1.807) is 19.1 Å². The molecule has 0 aromatic heterocycles. The molecule has 1 atom stereocenters. The van der Waals surface area contributed by atoms with Gasteiger partial charge in [-0.15, -0.1) is 0 Å². The molecule has 5 heteroatoms. The highest BCUT2D eigenvalue weighted by atomic mass is 16.8. The summed E-state index contributed by atoms with van der Waals surface area (Å²) in [6.07, 6.45) is -1.48. The van der Waals surface area contributed by atoms with Gasteiger partial charge in [-0.1, -0.05) is 24.3 Å². The fraction of sp³-hybridized carbons (Fsp3) is 0.389. The van der Waals surface area contributed by atoms with E-state index in [4.69, 9.17) is 18.9 Å². The normalized spacial score (nSPS) is 12.7. The Morgan fingerprint density at radius 3 is 2.13 bits per heavy atom. The summed E-state index contributed by atoms with van der Waals surface area (Å²) in [4.78, 5) is 11.8. The molecule has 0 bridgehead atoms. The third kappa shape index (κ3) is 4.60. The molecule has 0 saturated heterocycles. The standard InChI is InChI=1S/C18H22O5/c1-12(20-5)21-17(19)22-15-10-11-16(23-18(2,3)4)14-9-7-6-8-13(14)15/h6-12H,1-5H3. The van der Waals surface area contributed by atoms with Crippen LogP contribution in [0.2, 0.25) is 0 Å². The highest BCUT2D eigenvalue weighted by Gasteiger charge is 2.17. The van der Waals surface area contributed by atoms with Crippen molar-refractivity contribution < 1.29 is 23.7 Å². The minimum absolute atomic E-state index is 0.321. The van der Waals surface area contributed by atoms with Crippen LogP contribution in [0.25, 0.3) is 10.8 Å². The fourth-order valence-electron chi connectivity index (χ4n) is 2.05. The van der Waals surface area contributed by atoms with Gasteiger partial charge in [0, 0.05) is 17.9 Å². The van der Waals surface area contributed by atoms with Gasteiger partial charge in [0.2, 0.25) is 6.29 Å². The van der Waals surface area contributed by atoms with E-state index in [9.17, 15) is 4.79 Å². The summed E-state index contributed by atoms with van der Waals surface area (Å²) in [6.45, 7) is 7.56. The van der Waals surface area contributed by atoms with Gasteiger partial charge in [0.25, 0.3) is 0 Å². The molecule has 0 heterocycles. The van der Waals surface area contributed by atoms with Crippen LogP contribution in [-0.4, -0.2) is 25.2 Å². The van der Waals surface area contributed by atoms with E-state index in [0.717, 1.165) is 16.5 Å². The zero-order chi connectivity index (χ0) is 17.0. The molecule has 0 aliphatic carbocycles. The second-order valence-electron chi connectivity index (χ2n) is 6.10. The molecule has 2 aromatic rings. The van der Waals surface area contributed by atoms with Crippen molar-refractivity contribution in [2.24, 2.45) is 0 Å². The van der Waals surface area contributed by atoms with Crippen LogP contribution < -0.4 is 9.47 Å². The maximum absolute atomic E-state index is 11.8. The lowest BCUT2D eigenvalue weighted by molar-refractivity contribution is -0.0805. The predicted octanol–water partition coefficient (Wildman–Crippen LogP) is 4.52. The average Bonchev–Trinajstić information content (AvgIpc) is 2.48. The summed E-state index contributed by atoms with van der Waals surface area (Å²) < 4.78 is 21.1. The Morgan fingerprint density at radius 1 is 1.00 bits per heavy atom. The number of rotatable bonds is 4. The van der Waals surface area contributed by atoms with E-state index in [0.29, 0.717) is 5.75 Å². The molecule has 0 aliphatic rings. The smallest absolute Gasteiger partial charge is 0.488 e. The number of methoxy groups -OCH3 is 1. The number of ether oxygens (including phenoxy) is 4. The fourth-order valence-corrected chi connectivity index (χ4v) is 2.05. The highest BCUT2D eigenvalue weighted by molar-refractivity contribution is 5.94. The van der Waals surface area contributed by atoms with Crippen LogP contribution in [-0.2, 0) is 9.47 Å². The summed E-state index contributed by atoms with van der Waals surface area (Å²) in [7, 11) is 1.45. The quantitative estimate of drug-likeness (QED) is 0.471. The minimum Gasteiger partial charge on any atom is -0.488 e. The van der Waals surface area contributed by atoms with E-state index in [-0.39, 0.29) is 5.60 Å². The van der Waals surface area contributed by atoms with Gasteiger partial charge >= 0.3 is 6.16 Å². The monoisotopic (exact) mass is 318 g/mol. The lowest BCUT2D eigenvalue weighted by Crippen LogP contribution is -2.23. The molecule has 0 saturated carbocycles. The maximum Gasteiger partial charge on any atom is 0.516 e. The van der Waals surface area contributed by atoms with E-state index in [2.05, 4.69) is 0 Å².